The van der Waals surface area contributed by atoms with E-state index in [1.807, 2.05) is 0 Å². The highest BCUT2D eigenvalue weighted by Crippen LogP contribution is 2.10. The monoisotopic (exact) mass is 257 g/mol. The number of hydrogen-bond donors (Lipinski definition) is 1. The van der Waals surface area contributed by atoms with Gasteiger partial charge in [0.15, 0.2) is 0 Å². The molecule has 1 saturated heterocycles. The highest BCUT2D eigenvalue weighted by Gasteiger charge is 2.14. The highest BCUT2D eigenvalue weighted by molar-refractivity contribution is 4.66. The molecule has 0 aliphatic carbocycles. The summed E-state index contributed by atoms with van der Waals surface area (Å²) in [6.07, 6.45) is 8.16. The summed E-state index contributed by atoms with van der Waals surface area (Å²) in [5.74, 6) is 0.719. The van der Waals surface area contributed by atoms with Crippen LogP contribution >= 0.6 is 0 Å². The van der Waals surface area contributed by atoms with Crippen LogP contribution in [0.4, 0.5) is 0 Å². The van der Waals surface area contributed by atoms with Gasteiger partial charge in [-0.25, -0.2) is 0 Å². The average molecular weight is 257 g/mol. The van der Waals surface area contributed by atoms with E-state index in [-0.39, 0.29) is 0 Å². The minimum Gasteiger partial charge on any atom is -0.381 e. The van der Waals surface area contributed by atoms with Gasteiger partial charge in [-0.3, -0.25) is 0 Å². The molecule has 1 N–H and O–H groups in total. The summed E-state index contributed by atoms with van der Waals surface area (Å²) in [5, 5.41) is 3.45. The SMILES string of the molecule is CCCCCCC(C)OCCNCC1CCOC1. The lowest BCUT2D eigenvalue weighted by Crippen LogP contribution is -2.27. The maximum atomic E-state index is 5.79. The van der Waals surface area contributed by atoms with Crippen LogP contribution in [0, 0.1) is 5.92 Å². The van der Waals surface area contributed by atoms with E-state index < -0.39 is 0 Å². The Kier molecular flexibility index (Phi) is 9.54. The summed E-state index contributed by atoms with van der Waals surface area (Å²) in [5.41, 5.74) is 0. The van der Waals surface area contributed by atoms with E-state index in [1.165, 1.54) is 38.5 Å². The Bertz CT molecular complexity index is 181. The summed E-state index contributed by atoms with van der Waals surface area (Å²) in [6.45, 7) is 9.20. The zero-order valence-corrected chi connectivity index (χ0v) is 12.2. The molecule has 1 heterocycles. The molecule has 0 radical (unpaired) electrons. The predicted octanol–water partition coefficient (Wildman–Crippen LogP) is 2.99. The second-order valence-electron chi connectivity index (χ2n) is 5.46. The molecule has 0 aromatic heterocycles. The van der Waals surface area contributed by atoms with Crippen LogP contribution in [0.25, 0.3) is 0 Å². The summed E-state index contributed by atoms with van der Waals surface area (Å²) < 4.78 is 11.1. The lowest BCUT2D eigenvalue weighted by Gasteiger charge is -2.14. The van der Waals surface area contributed by atoms with Gasteiger partial charge in [0.1, 0.15) is 0 Å². The molecule has 108 valence electrons. The van der Waals surface area contributed by atoms with Crippen molar-refractivity contribution in [3.63, 3.8) is 0 Å². The van der Waals surface area contributed by atoms with Crippen molar-refractivity contribution in [1.29, 1.82) is 0 Å². The minimum absolute atomic E-state index is 0.415. The zero-order valence-electron chi connectivity index (χ0n) is 12.2. The molecule has 3 heteroatoms. The second-order valence-corrected chi connectivity index (χ2v) is 5.46. The summed E-state index contributed by atoms with van der Waals surface area (Å²) in [7, 11) is 0. The van der Waals surface area contributed by atoms with Crippen LogP contribution in [0.3, 0.4) is 0 Å². The molecule has 1 rings (SSSR count). The summed E-state index contributed by atoms with van der Waals surface area (Å²) >= 11 is 0. The van der Waals surface area contributed by atoms with Gasteiger partial charge in [-0.2, -0.15) is 0 Å². The molecule has 1 fully saturated rings. The van der Waals surface area contributed by atoms with Gasteiger partial charge in [0, 0.05) is 19.7 Å². The zero-order chi connectivity index (χ0) is 13.1. The van der Waals surface area contributed by atoms with E-state index in [0.29, 0.717) is 6.10 Å². The van der Waals surface area contributed by atoms with Gasteiger partial charge < -0.3 is 14.8 Å². The summed E-state index contributed by atoms with van der Waals surface area (Å²) in [4.78, 5) is 0. The van der Waals surface area contributed by atoms with Gasteiger partial charge in [0.25, 0.3) is 0 Å². The maximum absolute atomic E-state index is 5.79. The van der Waals surface area contributed by atoms with Gasteiger partial charge in [-0.15, -0.1) is 0 Å². The molecule has 2 atom stereocenters. The normalized spacial score (nSPS) is 21.3. The van der Waals surface area contributed by atoms with Crippen molar-refractivity contribution < 1.29 is 9.47 Å². The first kappa shape index (κ1) is 15.9. The molecule has 2 unspecified atom stereocenters. The van der Waals surface area contributed by atoms with Crippen LogP contribution in [0.1, 0.15) is 52.4 Å². The average Bonchev–Trinajstić information content (AvgIpc) is 2.87. The summed E-state index contributed by atoms with van der Waals surface area (Å²) in [6, 6.07) is 0. The molecule has 0 aromatic rings. The van der Waals surface area contributed by atoms with Gasteiger partial charge in [-0.05, 0) is 25.7 Å². The Labute approximate surface area is 113 Å². The van der Waals surface area contributed by atoms with Crippen LogP contribution in [-0.4, -0.2) is 39.0 Å². The predicted molar refractivity (Wildman–Crippen MR) is 76.0 cm³/mol. The van der Waals surface area contributed by atoms with Crippen molar-refractivity contribution in [2.75, 3.05) is 32.9 Å². The molecule has 0 amide bonds. The van der Waals surface area contributed by atoms with Crippen LogP contribution in [0.15, 0.2) is 0 Å². The quantitative estimate of drug-likeness (QED) is 0.577. The van der Waals surface area contributed by atoms with Crippen LogP contribution in [-0.2, 0) is 9.47 Å². The minimum atomic E-state index is 0.415. The third-order valence-corrected chi connectivity index (χ3v) is 3.60. The van der Waals surface area contributed by atoms with Gasteiger partial charge in [-0.1, -0.05) is 32.6 Å². The van der Waals surface area contributed by atoms with Crippen molar-refractivity contribution in [2.24, 2.45) is 5.92 Å². The van der Waals surface area contributed by atoms with Gasteiger partial charge >= 0.3 is 0 Å². The number of ether oxygens (including phenoxy) is 2. The van der Waals surface area contributed by atoms with E-state index in [4.69, 9.17) is 9.47 Å². The molecular weight excluding hydrogens is 226 g/mol. The molecule has 3 nitrogen and oxygen atoms in total. The first-order chi connectivity index (χ1) is 8.83. The smallest absolute Gasteiger partial charge is 0.0594 e. The Morgan fingerprint density at radius 3 is 2.94 bits per heavy atom. The van der Waals surface area contributed by atoms with Crippen molar-refractivity contribution in [2.45, 2.75) is 58.5 Å². The van der Waals surface area contributed by atoms with E-state index in [0.717, 1.165) is 38.8 Å². The third-order valence-electron chi connectivity index (χ3n) is 3.60. The Morgan fingerprint density at radius 2 is 2.22 bits per heavy atom. The third kappa shape index (κ3) is 8.06. The van der Waals surface area contributed by atoms with E-state index >= 15 is 0 Å². The molecular formula is C15H31NO2. The lowest BCUT2D eigenvalue weighted by molar-refractivity contribution is 0.0599. The first-order valence-corrected chi connectivity index (χ1v) is 7.73. The van der Waals surface area contributed by atoms with Gasteiger partial charge in [0.05, 0.1) is 19.3 Å². The lowest BCUT2D eigenvalue weighted by atomic mass is 10.1. The largest absolute Gasteiger partial charge is 0.381 e. The van der Waals surface area contributed by atoms with Crippen LogP contribution in [0.5, 0.6) is 0 Å². The number of hydrogen-bond acceptors (Lipinski definition) is 3. The molecule has 18 heavy (non-hydrogen) atoms. The number of nitrogens with one attached hydrogen (secondary N) is 1. The molecule has 0 spiro atoms. The molecule has 0 aromatic carbocycles. The Balaban J connectivity index is 1.81. The topological polar surface area (TPSA) is 30.5 Å². The van der Waals surface area contributed by atoms with E-state index in [9.17, 15) is 0 Å². The van der Waals surface area contributed by atoms with Crippen molar-refractivity contribution >= 4 is 0 Å². The number of unbranched alkanes of at least 4 members (excludes halogenated alkanes) is 3. The Hall–Kier alpha value is -0.120. The van der Waals surface area contributed by atoms with Gasteiger partial charge in [0.2, 0.25) is 0 Å². The fourth-order valence-corrected chi connectivity index (χ4v) is 2.32. The molecule has 1 aliphatic rings. The van der Waals surface area contributed by atoms with Crippen LogP contribution in [0.2, 0.25) is 0 Å². The Morgan fingerprint density at radius 1 is 1.33 bits per heavy atom. The molecule has 0 saturated carbocycles. The van der Waals surface area contributed by atoms with Crippen molar-refractivity contribution in [3.05, 3.63) is 0 Å². The molecule has 1 aliphatic heterocycles. The second kappa shape index (κ2) is 10.8. The maximum Gasteiger partial charge on any atom is 0.0594 e. The fourth-order valence-electron chi connectivity index (χ4n) is 2.32. The van der Waals surface area contributed by atoms with E-state index in [1.54, 1.807) is 0 Å². The fraction of sp³-hybridized carbons (Fsp3) is 1.00. The van der Waals surface area contributed by atoms with Crippen LogP contribution < -0.4 is 5.32 Å². The highest BCUT2D eigenvalue weighted by atomic mass is 16.5. The standard InChI is InChI=1S/C15H31NO2/c1-3-4-5-6-7-14(2)18-11-9-16-12-15-8-10-17-13-15/h14-16H,3-13H2,1-2H3. The van der Waals surface area contributed by atoms with E-state index in [2.05, 4.69) is 19.2 Å². The molecule has 0 bridgehead atoms. The van der Waals surface area contributed by atoms with Crippen molar-refractivity contribution in [1.82, 2.24) is 5.32 Å². The van der Waals surface area contributed by atoms with Crippen molar-refractivity contribution in [3.8, 4) is 0 Å². The number of rotatable bonds is 11. The first-order valence-electron chi connectivity index (χ1n) is 7.73.